The third-order valence-corrected chi connectivity index (χ3v) is 4.24. The lowest BCUT2D eigenvalue weighted by atomic mass is 9.88. The largest absolute Gasteiger partial charge is 0.497 e. The van der Waals surface area contributed by atoms with Crippen LogP contribution in [0.3, 0.4) is 0 Å². The van der Waals surface area contributed by atoms with E-state index >= 15 is 0 Å². The quantitative estimate of drug-likeness (QED) is 0.788. The van der Waals surface area contributed by atoms with Gasteiger partial charge in [0.15, 0.2) is 0 Å². The second-order valence-electron chi connectivity index (χ2n) is 5.74. The van der Waals surface area contributed by atoms with E-state index in [1.807, 2.05) is 0 Å². The van der Waals surface area contributed by atoms with E-state index in [9.17, 15) is 14.7 Å². The third kappa shape index (κ3) is 3.97. The first-order chi connectivity index (χ1) is 11.2. The Balaban J connectivity index is 2.38. The lowest BCUT2D eigenvalue weighted by molar-refractivity contribution is -0.138. The van der Waals surface area contributed by atoms with E-state index in [4.69, 9.17) is 4.74 Å². The topological polar surface area (TPSA) is 80.6 Å². The molecular formula is C17H19BrN2O4. The summed E-state index contributed by atoms with van der Waals surface area (Å²) in [5.41, 5.74) is 0.0149. The van der Waals surface area contributed by atoms with Crippen LogP contribution in [0, 0.1) is 0 Å². The summed E-state index contributed by atoms with van der Waals surface area (Å²) < 4.78 is 7.64. The minimum absolute atomic E-state index is 0.252. The van der Waals surface area contributed by atoms with Crippen LogP contribution in [0.1, 0.15) is 29.4 Å². The van der Waals surface area contributed by atoms with Crippen molar-refractivity contribution in [1.29, 1.82) is 0 Å². The second-order valence-corrected chi connectivity index (χ2v) is 6.66. The number of carbonyl (C=O) groups excluding carboxylic acids is 1. The molecule has 0 fully saturated rings. The minimum Gasteiger partial charge on any atom is -0.497 e. The summed E-state index contributed by atoms with van der Waals surface area (Å²) in [6.45, 7) is 1.69. The molecule has 24 heavy (non-hydrogen) atoms. The van der Waals surface area contributed by atoms with Crippen LogP contribution in [0.25, 0.3) is 0 Å². The summed E-state index contributed by atoms with van der Waals surface area (Å²) in [6, 6.07) is 8.71. The molecule has 7 heteroatoms. The average Bonchev–Trinajstić information content (AvgIpc) is 2.85. The number of aromatic nitrogens is 1. The predicted molar refractivity (Wildman–Crippen MR) is 93.2 cm³/mol. The van der Waals surface area contributed by atoms with Gasteiger partial charge in [0, 0.05) is 17.7 Å². The molecule has 1 atom stereocenters. The number of nitrogens with zero attached hydrogens (tertiary/aromatic N) is 1. The van der Waals surface area contributed by atoms with Crippen LogP contribution in [-0.2, 0) is 17.4 Å². The first-order valence-electron chi connectivity index (χ1n) is 7.26. The number of methoxy groups -OCH3 is 1. The second kappa shape index (κ2) is 7.09. The number of hydrogen-bond acceptors (Lipinski definition) is 3. The number of halogens is 1. The van der Waals surface area contributed by atoms with E-state index in [2.05, 4.69) is 21.2 Å². The fraction of sp³-hybridized carbons (Fsp3) is 0.294. The Labute approximate surface area is 148 Å². The smallest absolute Gasteiger partial charge is 0.306 e. The lowest BCUT2D eigenvalue weighted by Gasteiger charge is -2.30. The van der Waals surface area contributed by atoms with Gasteiger partial charge in [0.25, 0.3) is 5.91 Å². The van der Waals surface area contributed by atoms with Crippen LogP contribution >= 0.6 is 15.9 Å². The number of hydrogen-bond donors (Lipinski definition) is 2. The Morgan fingerprint density at radius 2 is 2.08 bits per heavy atom. The molecule has 2 N–H and O–H groups in total. The molecule has 2 rings (SSSR count). The number of aliphatic carboxylic acids is 1. The zero-order valence-electron chi connectivity index (χ0n) is 13.7. The molecule has 0 saturated heterocycles. The number of benzene rings is 1. The predicted octanol–water partition coefficient (Wildman–Crippen LogP) is 2.92. The normalized spacial score (nSPS) is 13.2. The number of ether oxygens (including phenoxy) is 1. The first-order valence-corrected chi connectivity index (χ1v) is 8.05. The van der Waals surface area contributed by atoms with Gasteiger partial charge in [-0.25, -0.2) is 0 Å². The van der Waals surface area contributed by atoms with Gasteiger partial charge in [-0.2, -0.15) is 0 Å². The molecule has 6 nitrogen and oxygen atoms in total. The number of rotatable bonds is 6. The number of nitrogens with one attached hydrogen (secondary N) is 1. The highest BCUT2D eigenvalue weighted by molar-refractivity contribution is 9.10. The fourth-order valence-corrected chi connectivity index (χ4v) is 3.08. The van der Waals surface area contributed by atoms with Crippen LogP contribution in [0.2, 0.25) is 0 Å². The van der Waals surface area contributed by atoms with Crippen LogP contribution in [0.5, 0.6) is 5.75 Å². The van der Waals surface area contributed by atoms with Gasteiger partial charge >= 0.3 is 5.97 Å². The van der Waals surface area contributed by atoms with Crippen molar-refractivity contribution in [3.05, 3.63) is 52.3 Å². The molecule has 1 aromatic heterocycles. The average molecular weight is 395 g/mol. The molecule has 128 valence electrons. The Kier molecular flexibility index (Phi) is 5.33. The van der Waals surface area contributed by atoms with Crippen molar-refractivity contribution < 1.29 is 19.4 Å². The van der Waals surface area contributed by atoms with E-state index in [0.717, 1.165) is 4.47 Å². The third-order valence-electron chi connectivity index (χ3n) is 3.81. The van der Waals surface area contributed by atoms with Gasteiger partial charge in [-0.15, -0.1) is 0 Å². The van der Waals surface area contributed by atoms with Gasteiger partial charge in [-0.05, 0) is 46.6 Å². The van der Waals surface area contributed by atoms with Crippen LogP contribution in [0.15, 0.2) is 41.0 Å². The van der Waals surface area contributed by atoms with Crippen LogP contribution in [-0.4, -0.2) is 28.7 Å². The molecule has 0 spiro atoms. The molecule has 1 amide bonds. The van der Waals surface area contributed by atoms with Crippen molar-refractivity contribution >= 4 is 27.8 Å². The van der Waals surface area contributed by atoms with E-state index in [-0.39, 0.29) is 12.3 Å². The maximum absolute atomic E-state index is 12.6. The fourth-order valence-electron chi connectivity index (χ4n) is 2.55. The molecule has 1 unspecified atom stereocenters. The standard InChI is InChI=1S/C17H19BrN2O4/c1-17(9-15(21)22,11-5-4-6-13(7-11)24-3)19-16(23)14-8-12(18)10-20(14)2/h4-8,10H,9H2,1-3H3,(H,19,23)(H,21,22). The monoisotopic (exact) mass is 394 g/mol. The van der Waals surface area contributed by atoms with Crippen molar-refractivity contribution in [3.63, 3.8) is 0 Å². The summed E-state index contributed by atoms with van der Waals surface area (Å²) in [6.07, 6.45) is 1.51. The van der Waals surface area contributed by atoms with Gasteiger partial charge in [0.05, 0.1) is 19.1 Å². The van der Waals surface area contributed by atoms with Gasteiger partial charge in [-0.3, -0.25) is 9.59 Å². The van der Waals surface area contributed by atoms with E-state index in [1.165, 1.54) is 7.11 Å². The summed E-state index contributed by atoms with van der Waals surface area (Å²) in [4.78, 5) is 24.0. The Morgan fingerprint density at radius 1 is 1.38 bits per heavy atom. The summed E-state index contributed by atoms with van der Waals surface area (Å²) in [5, 5.41) is 12.1. The summed E-state index contributed by atoms with van der Waals surface area (Å²) in [5.74, 6) is -0.761. The van der Waals surface area contributed by atoms with E-state index < -0.39 is 11.5 Å². The molecule has 0 aliphatic heterocycles. The zero-order chi connectivity index (χ0) is 17.9. The first kappa shape index (κ1) is 18.1. The maximum atomic E-state index is 12.6. The summed E-state index contributed by atoms with van der Waals surface area (Å²) in [7, 11) is 3.29. The number of aryl methyl sites for hydroxylation is 1. The molecule has 0 radical (unpaired) electrons. The van der Waals surface area contributed by atoms with E-state index in [0.29, 0.717) is 17.0 Å². The van der Waals surface area contributed by atoms with Gasteiger partial charge < -0.3 is 19.7 Å². The molecule has 1 aromatic carbocycles. The Morgan fingerprint density at radius 3 is 2.62 bits per heavy atom. The Hall–Kier alpha value is -2.28. The van der Waals surface area contributed by atoms with Crippen LogP contribution in [0.4, 0.5) is 0 Å². The van der Waals surface area contributed by atoms with E-state index in [1.54, 1.807) is 55.1 Å². The number of carboxylic acids is 1. The SMILES string of the molecule is COc1cccc(C(C)(CC(=O)O)NC(=O)c2cc(Br)cn2C)c1. The van der Waals surface area contributed by atoms with Gasteiger partial charge in [0.2, 0.25) is 0 Å². The minimum atomic E-state index is -1.08. The van der Waals surface area contributed by atoms with Gasteiger partial charge in [-0.1, -0.05) is 12.1 Å². The molecule has 0 bridgehead atoms. The number of carbonyl (C=O) groups is 2. The summed E-state index contributed by atoms with van der Waals surface area (Å²) >= 11 is 3.32. The van der Waals surface area contributed by atoms with Crippen molar-refractivity contribution in [3.8, 4) is 5.75 Å². The Bertz CT molecular complexity index is 772. The highest BCUT2D eigenvalue weighted by atomic mass is 79.9. The molecular weight excluding hydrogens is 376 g/mol. The van der Waals surface area contributed by atoms with Crippen LogP contribution < -0.4 is 10.1 Å². The van der Waals surface area contributed by atoms with Gasteiger partial charge in [0.1, 0.15) is 11.4 Å². The molecule has 0 saturated carbocycles. The highest BCUT2D eigenvalue weighted by Crippen LogP contribution is 2.28. The van der Waals surface area contributed by atoms with Crippen molar-refractivity contribution in [2.24, 2.45) is 7.05 Å². The maximum Gasteiger partial charge on any atom is 0.306 e. The van der Waals surface area contributed by atoms with Crippen molar-refractivity contribution in [2.45, 2.75) is 18.9 Å². The molecule has 0 aliphatic rings. The van der Waals surface area contributed by atoms with Crippen molar-refractivity contribution in [2.75, 3.05) is 7.11 Å². The lowest BCUT2D eigenvalue weighted by Crippen LogP contribution is -2.45. The van der Waals surface area contributed by atoms with Crippen molar-refractivity contribution in [1.82, 2.24) is 9.88 Å². The molecule has 1 heterocycles. The number of carboxylic acid groups (broad SMARTS) is 1. The number of amides is 1. The highest BCUT2D eigenvalue weighted by Gasteiger charge is 2.32. The molecule has 2 aromatic rings. The molecule has 0 aliphatic carbocycles. The zero-order valence-corrected chi connectivity index (χ0v) is 15.3.